The van der Waals surface area contributed by atoms with Crippen LogP contribution in [0.5, 0.6) is 11.5 Å². The topological polar surface area (TPSA) is 118 Å². The summed E-state index contributed by atoms with van der Waals surface area (Å²) in [6.07, 6.45) is 7.61. The number of hydrogen-bond acceptors (Lipinski definition) is 9. The number of para-hydroxylation sites is 2. The highest BCUT2D eigenvalue weighted by atomic mass is 79.9. The van der Waals surface area contributed by atoms with Crippen molar-refractivity contribution in [1.82, 2.24) is 14.9 Å². The van der Waals surface area contributed by atoms with Crippen LogP contribution in [0.2, 0.25) is 0 Å². The summed E-state index contributed by atoms with van der Waals surface area (Å²) in [6.45, 7) is 4.08. The Kier molecular flexibility index (Phi) is 9.64. The average molecular weight is 606 g/mol. The quantitative estimate of drug-likeness (QED) is 0.235. The lowest BCUT2D eigenvalue weighted by Crippen LogP contribution is -2.31. The highest BCUT2D eigenvalue weighted by Crippen LogP contribution is 2.33. The molecule has 1 saturated heterocycles. The molecule has 38 heavy (non-hydrogen) atoms. The van der Waals surface area contributed by atoms with Crippen LogP contribution in [0.1, 0.15) is 25.7 Å². The first kappa shape index (κ1) is 27.9. The van der Waals surface area contributed by atoms with Gasteiger partial charge in [0.05, 0.1) is 41.5 Å². The molecular weight excluding hydrogens is 572 g/mol. The van der Waals surface area contributed by atoms with Crippen molar-refractivity contribution in [3.63, 3.8) is 0 Å². The van der Waals surface area contributed by atoms with Crippen molar-refractivity contribution in [2.75, 3.05) is 55.0 Å². The molecule has 0 aliphatic carbocycles. The number of nitrogens with one attached hydrogen (secondary N) is 3. The molecule has 10 nitrogen and oxygen atoms in total. The third-order valence-electron chi connectivity index (χ3n) is 5.98. The first-order valence-electron chi connectivity index (χ1n) is 12.5. The summed E-state index contributed by atoms with van der Waals surface area (Å²) >= 11 is 3.45. The molecule has 0 bridgehead atoms. The second-order valence-electron chi connectivity index (χ2n) is 9.03. The Hall–Kier alpha value is -3.09. The maximum atomic E-state index is 11.7. The largest absolute Gasteiger partial charge is 0.494 e. The number of anilines is 5. The van der Waals surface area contributed by atoms with Crippen molar-refractivity contribution >= 4 is 54.8 Å². The van der Waals surface area contributed by atoms with Crippen LogP contribution in [-0.4, -0.2) is 62.9 Å². The molecule has 0 spiro atoms. The van der Waals surface area contributed by atoms with E-state index in [0.717, 1.165) is 25.0 Å². The number of benzene rings is 2. The molecule has 2 heterocycles. The summed E-state index contributed by atoms with van der Waals surface area (Å²) < 4.78 is 38.1. The Morgan fingerprint density at radius 2 is 1.79 bits per heavy atom. The van der Waals surface area contributed by atoms with Gasteiger partial charge in [-0.2, -0.15) is 4.98 Å². The minimum absolute atomic E-state index is 0.331. The maximum absolute atomic E-state index is 11.7. The molecule has 1 fully saturated rings. The molecule has 2 aromatic carbocycles. The van der Waals surface area contributed by atoms with E-state index in [0.29, 0.717) is 45.7 Å². The first-order valence-corrected chi connectivity index (χ1v) is 15.2. The van der Waals surface area contributed by atoms with Crippen LogP contribution in [0.25, 0.3) is 0 Å². The van der Waals surface area contributed by atoms with Crippen molar-refractivity contribution in [3.8, 4) is 11.5 Å². The van der Waals surface area contributed by atoms with E-state index in [1.54, 1.807) is 37.6 Å². The van der Waals surface area contributed by atoms with Gasteiger partial charge in [-0.25, -0.2) is 13.4 Å². The molecule has 1 aromatic heterocycles. The molecule has 0 radical (unpaired) electrons. The summed E-state index contributed by atoms with van der Waals surface area (Å²) in [5, 5.41) is 6.35. The lowest BCUT2D eigenvalue weighted by atomic mass is 10.1. The monoisotopic (exact) mass is 604 g/mol. The molecule has 4 rings (SSSR count). The fourth-order valence-corrected chi connectivity index (χ4v) is 5.04. The Bertz CT molecular complexity index is 1340. The molecule has 1 aliphatic heterocycles. The highest BCUT2D eigenvalue weighted by Gasteiger charge is 2.13. The van der Waals surface area contributed by atoms with Crippen molar-refractivity contribution in [3.05, 3.63) is 53.1 Å². The number of ether oxygens (including phenoxy) is 2. The number of rotatable bonds is 12. The summed E-state index contributed by atoms with van der Waals surface area (Å²) in [7, 11) is -1.85. The van der Waals surface area contributed by atoms with Gasteiger partial charge in [-0.15, -0.1) is 0 Å². The van der Waals surface area contributed by atoms with Gasteiger partial charge in [0.1, 0.15) is 17.3 Å². The van der Waals surface area contributed by atoms with Crippen LogP contribution in [0, 0.1) is 0 Å². The van der Waals surface area contributed by atoms with Crippen LogP contribution in [0.4, 0.5) is 28.8 Å². The SMILES string of the molecule is COc1cc(OCCCN2CCCCC2)ccc1Nc1ncc(Br)c(Nc2ccccc2NS(C)(=O)=O)n1. The second kappa shape index (κ2) is 13.1. The van der Waals surface area contributed by atoms with Crippen molar-refractivity contribution < 1.29 is 17.9 Å². The smallest absolute Gasteiger partial charge is 0.229 e. The van der Waals surface area contributed by atoms with Gasteiger partial charge < -0.3 is 25.0 Å². The Morgan fingerprint density at radius 1 is 1.03 bits per heavy atom. The van der Waals surface area contributed by atoms with E-state index in [-0.39, 0.29) is 0 Å². The molecule has 3 aromatic rings. The standard InChI is InChI=1S/C26H33BrN6O4S/c1-36-24-17-19(37-16-8-15-33-13-6-3-7-14-33)11-12-23(24)30-26-28-18-20(27)25(31-26)29-21-9-4-5-10-22(21)32-38(2,34)35/h4-5,9-12,17-18,32H,3,6-8,13-16H2,1-2H3,(H2,28,29,30,31). The fraction of sp³-hybridized carbons (Fsp3) is 0.385. The number of likely N-dealkylation sites (tertiary alicyclic amines) is 1. The van der Waals surface area contributed by atoms with Crippen LogP contribution < -0.4 is 24.8 Å². The van der Waals surface area contributed by atoms with Crippen LogP contribution in [0.3, 0.4) is 0 Å². The first-order chi connectivity index (χ1) is 18.3. The number of sulfonamides is 1. The van der Waals surface area contributed by atoms with Gasteiger partial charge in [0.25, 0.3) is 0 Å². The Labute approximate surface area is 232 Å². The van der Waals surface area contributed by atoms with E-state index in [4.69, 9.17) is 9.47 Å². The lowest BCUT2D eigenvalue weighted by Gasteiger charge is -2.26. The minimum atomic E-state index is -3.45. The summed E-state index contributed by atoms with van der Waals surface area (Å²) in [4.78, 5) is 11.4. The predicted octanol–water partition coefficient (Wildman–Crippen LogP) is 5.36. The molecule has 0 amide bonds. The van der Waals surface area contributed by atoms with E-state index >= 15 is 0 Å². The van der Waals surface area contributed by atoms with Crippen molar-refractivity contribution in [1.29, 1.82) is 0 Å². The fourth-order valence-electron chi connectivity index (χ4n) is 4.17. The van der Waals surface area contributed by atoms with Gasteiger partial charge in [0.15, 0.2) is 0 Å². The molecule has 0 atom stereocenters. The summed E-state index contributed by atoms with van der Waals surface area (Å²) in [5.41, 5.74) is 1.63. The number of halogens is 1. The number of methoxy groups -OCH3 is 1. The zero-order valence-corrected chi connectivity index (χ0v) is 23.9. The van der Waals surface area contributed by atoms with Gasteiger partial charge in [0, 0.05) is 18.8 Å². The third-order valence-corrected chi connectivity index (χ3v) is 7.15. The number of aromatic nitrogens is 2. The molecule has 1 aliphatic rings. The van der Waals surface area contributed by atoms with E-state index in [1.165, 1.54) is 32.4 Å². The lowest BCUT2D eigenvalue weighted by molar-refractivity contribution is 0.205. The van der Waals surface area contributed by atoms with E-state index < -0.39 is 10.0 Å². The second-order valence-corrected chi connectivity index (χ2v) is 11.6. The number of hydrogen-bond donors (Lipinski definition) is 3. The van der Waals surface area contributed by atoms with E-state index in [9.17, 15) is 8.42 Å². The van der Waals surface area contributed by atoms with E-state index in [2.05, 4.69) is 46.2 Å². The molecule has 3 N–H and O–H groups in total. The molecular formula is C26H33BrN6O4S. The van der Waals surface area contributed by atoms with Gasteiger partial charge >= 0.3 is 0 Å². The van der Waals surface area contributed by atoms with Gasteiger partial charge in [-0.3, -0.25) is 4.72 Å². The molecule has 12 heteroatoms. The minimum Gasteiger partial charge on any atom is -0.494 e. The molecule has 0 saturated carbocycles. The van der Waals surface area contributed by atoms with Gasteiger partial charge in [-0.1, -0.05) is 18.6 Å². The Morgan fingerprint density at radius 3 is 2.53 bits per heavy atom. The Balaban J connectivity index is 1.41. The predicted molar refractivity (Wildman–Crippen MR) is 155 cm³/mol. The normalized spacial score (nSPS) is 14.1. The van der Waals surface area contributed by atoms with Crippen LogP contribution in [-0.2, 0) is 10.0 Å². The maximum Gasteiger partial charge on any atom is 0.229 e. The van der Waals surface area contributed by atoms with Crippen LogP contribution in [0.15, 0.2) is 53.1 Å². The van der Waals surface area contributed by atoms with Gasteiger partial charge in [-0.05, 0) is 72.5 Å². The number of nitrogens with zero attached hydrogens (tertiary/aromatic N) is 3. The van der Waals surface area contributed by atoms with E-state index in [1.807, 2.05) is 18.2 Å². The summed E-state index contributed by atoms with van der Waals surface area (Å²) in [5.74, 6) is 2.12. The zero-order valence-electron chi connectivity index (χ0n) is 21.5. The number of piperidine rings is 1. The molecule has 204 valence electrons. The zero-order chi connectivity index (χ0) is 27.0. The van der Waals surface area contributed by atoms with Crippen LogP contribution >= 0.6 is 15.9 Å². The van der Waals surface area contributed by atoms with Crippen molar-refractivity contribution in [2.24, 2.45) is 0 Å². The summed E-state index contributed by atoms with van der Waals surface area (Å²) in [6, 6.07) is 12.6. The van der Waals surface area contributed by atoms with Gasteiger partial charge in [0.2, 0.25) is 16.0 Å². The highest BCUT2D eigenvalue weighted by molar-refractivity contribution is 9.10. The molecule has 0 unspecified atom stereocenters. The average Bonchev–Trinajstić information content (AvgIpc) is 2.90. The third kappa shape index (κ3) is 8.20. The van der Waals surface area contributed by atoms with Crippen molar-refractivity contribution in [2.45, 2.75) is 25.7 Å².